The zero-order valence-corrected chi connectivity index (χ0v) is 19.5. The highest BCUT2D eigenvalue weighted by atomic mass is 35.5. The molecular formula is C26H22Cl2N2O3. The Morgan fingerprint density at radius 3 is 2.55 bits per heavy atom. The SMILES string of the molecule is CCC1(N2C(=O)C(O)(CC(=O)c3ccccc3Cl)c3ccccc32)CNc2ccc(Cl)cc21. The Kier molecular flexibility index (Phi) is 5.24. The number of rotatable bonds is 5. The Morgan fingerprint density at radius 2 is 1.79 bits per heavy atom. The van der Waals surface area contributed by atoms with Gasteiger partial charge in [-0.05, 0) is 42.8 Å². The summed E-state index contributed by atoms with van der Waals surface area (Å²) >= 11 is 12.5. The van der Waals surface area contributed by atoms with Crippen molar-refractivity contribution in [1.29, 1.82) is 0 Å². The number of benzene rings is 3. The summed E-state index contributed by atoms with van der Waals surface area (Å²) < 4.78 is 0. The van der Waals surface area contributed by atoms with Gasteiger partial charge in [0.2, 0.25) is 0 Å². The van der Waals surface area contributed by atoms with E-state index < -0.39 is 29.3 Å². The summed E-state index contributed by atoms with van der Waals surface area (Å²) in [5, 5.41) is 16.0. The molecule has 3 aromatic rings. The predicted molar refractivity (Wildman–Crippen MR) is 130 cm³/mol. The number of carbonyl (C=O) groups is 2. The molecule has 2 aliphatic rings. The Bertz CT molecular complexity index is 1290. The van der Waals surface area contributed by atoms with Crippen molar-refractivity contribution >= 4 is 46.3 Å². The fourth-order valence-electron chi connectivity index (χ4n) is 5.10. The number of aliphatic hydroxyl groups is 1. The van der Waals surface area contributed by atoms with Gasteiger partial charge < -0.3 is 10.4 Å². The maximum absolute atomic E-state index is 14.0. The molecule has 168 valence electrons. The molecule has 0 saturated carbocycles. The van der Waals surface area contributed by atoms with Crippen LogP contribution in [-0.4, -0.2) is 23.3 Å². The minimum absolute atomic E-state index is 0.279. The number of hydrogen-bond acceptors (Lipinski definition) is 4. The molecule has 0 radical (unpaired) electrons. The minimum atomic E-state index is -2.00. The first-order chi connectivity index (χ1) is 15.8. The lowest BCUT2D eigenvalue weighted by Crippen LogP contribution is -2.53. The van der Waals surface area contributed by atoms with Crippen LogP contribution in [0.1, 0.15) is 41.3 Å². The first kappa shape index (κ1) is 22.0. The molecule has 0 fully saturated rings. The highest BCUT2D eigenvalue weighted by Crippen LogP contribution is 2.52. The standard InChI is InChI=1S/C26H22Cl2N2O3/c1-2-25(15-29-21-12-11-16(27)13-19(21)25)30-22-10-6-4-8-18(22)26(33,24(30)32)14-23(31)17-7-3-5-9-20(17)28/h3-13,29,33H,2,14-15H2,1H3. The van der Waals surface area contributed by atoms with Crippen molar-refractivity contribution < 1.29 is 14.7 Å². The molecule has 2 heterocycles. The average Bonchev–Trinajstić information content (AvgIpc) is 3.27. The summed E-state index contributed by atoms with van der Waals surface area (Å²) in [6, 6.07) is 19.3. The van der Waals surface area contributed by atoms with Crippen LogP contribution in [0.3, 0.4) is 0 Å². The van der Waals surface area contributed by atoms with E-state index in [0.29, 0.717) is 29.2 Å². The van der Waals surface area contributed by atoms with Crippen molar-refractivity contribution in [1.82, 2.24) is 0 Å². The largest absolute Gasteiger partial charge is 0.382 e. The number of halogens is 2. The van der Waals surface area contributed by atoms with Gasteiger partial charge in [0, 0.05) is 33.9 Å². The number of carbonyl (C=O) groups excluding carboxylic acids is 2. The van der Waals surface area contributed by atoms with Gasteiger partial charge in [-0.1, -0.05) is 60.5 Å². The number of amides is 1. The van der Waals surface area contributed by atoms with Gasteiger partial charge in [-0.2, -0.15) is 0 Å². The summed E-state index contributed by atoms with van der Waals surface area (Å²) in [4.78, 5) is 28.8. The predicted octanol–water partition coefficient (Wildman–Crippen LogP) is 5.53. The van der Waals surface area contributed by atoms with Crippen LogP contribution in [0.4, 0.5) is 11.4 Å². The molecule has 7 heteroatoms. The molecule has 0 bridgehead atoms. The van der Waals surface area contributed by atoms with E-state index in [0.717, 1.165) is 11.3 Å². The summed E-state index contributed by atoms with van der Waals surface area (Å²) in [5.41, 5.74) is 0.312. The molecule has 2 N–H and O–H groups in total. The molecule has 2 atom stereocenters. The minimum Gasteiger partial charge on any atom is -0.382 e. The van der Waals surface area contributed by atoms with Gasteiger partial charge in [-0.3, -0.25) is 14.5 Å². The number of anilines is 2. The van der Waals surface area contributed by atoms with E-state index in [1.807, 2.05) is 31.2 Å². The van der Waals surface area contributed by atoms with Gasteiger partial charge in [-0.25, -0.2) is 0 Å². The zero-order chi connectivity index (χ0) is 23.4. The van der Waals surface area contributed by atoms with Crippen LogP contribution >= 0.6 is 23.2 Å². The van der Waals surface area contributed by atoms with E-state index in [2.05, 4.69) is 5.32 Å². The van der Waals surface area contributed by atoms with Crippen molar-refractivity contribution in [3.8, 4) is 0 Å². The molecule has 2 unspecified atom stereocenters. The Balaban J connectivity index is 1.63. The highest BCUT2D eigenvalue weighted by Gasteiger charge is 2.58. The Morgan fingerprint density at radius 1 is 1.06 bits per heavy atom. The van der Waals surface area contributed by atoms with Gasteiger partial charge in [0.15, 0.2) is 11.4 Å². The number of Topliss-reactive ketones (excluding diaryl/α,β-unsaturated/α-hetero) is 1. The van der Waals surface area contributed by atoms with Gasteiger partial charge in [0.1, 0.15) is 0 Å². The van der Waals surface area contributed by atoms with Crippen LogP contribution in [0.25, 0.3) is 0 Å². The molecule has 0 aliphatic carbocycles. The van der Waals surface area contributed by atoms with Crippen LogP contribution in [0.15, 0.2) is 66.7 Å². The van der Waals surface area contributed by atoms with E-state index >= 15 is 0 Å². The second kappa shape index (κ2) is 7.87. The van der Waals surface area contributed by atoms with Gasteiger partial charge in [0.05, 0.1) is 22.7 Å². The lowest BCUT2D eigenvalue weighted by atomic mass is 9.86. The highest BCUT2D eigenvalue weighted by molar-refractivity contribution is 6.34. The third-order valence-electron chi connectivity index (χ3n) is 6.81. The van der Waals surface area contributed by atoms with Gasteiger partial charge >= 0.3 is 0 Å². The van der Waals surface area contributed by atoms with E-state index in [-0.39, 0.29) is 10.6 Å². The fraction of sp³-hybridized carbons (Fsp3) is 0.231. The van der Waals surface area contributed by atoms with E-state index in [1.54, 1.807) is 47.4 Å². The van der Waals surface area contributed by atoms with Crippen molar-refractivity contribution in [2.24, 2.45) is 0 Å². The molecule has 0 spiro atoms. The Hall–Kier alpha value is -2.86. The lowest BCUT2D eigenvalue weighted by Gasteiger charge is -2.39. The summed E-state index contributed by atoms with van der Waals surface area (Å²) in [7, 11) is 0. The normalized spacial score (nSPS) is 23.3. The molecule has 33 heavy (non-hydrogen) atoms. The summed E-state index contributed by atoms with van der Waals surface area (Å²) in [6.45, 7) is 2.47. The second-order valence-corrected chi connectivity index (χ2v) is 9.37. The smallest absolute Gasteiger partial charge is 0.265 e. The number of hydrogen-bond donors (Lipinski definition) is 2. The maximum atomic E-state index is 14.0. The third-order valence-corrected chi connectivity index (χ3v) is 7.37. The van der Waals surface area contributed by atoms with E-state index in [9.17, 15) is 14.7 Å². The number of ketones is 1. The summed E-state index contributed by atoms with van der Waals surface area (Å²) in [5.74, 6) is -0.924. The van der Waals surface area contributed by atoms with Crippen molar-refractivity contribution in [2.75, 3.05) is 16.8 Å². The molecule has 2 aliphatic heterocycles. The lowest BCUT2D eigenvalue weighted by molar-refractivity contribution is -0.137. The molecule has 1 amide bonds. The quantitative estimate of drug-likeness (QED) is 0.470. The molecule has 5 nitrogen and oxygen atoms in total. The van der Waals surface area contributed by atoms with Crippen LogP contribution in [-0.2, 0) is 15.9 Å². The second-order valence-electron chi connectivity index (χ2n) is 8.53. The van der Waals surface area contributed by atoms with E-state index in [1.165, 1.54) is 0 Å². The van der Waals surface area contributed by atoms with Gasteiger partial charge in [-0.15, -0.1) is 0 Å². The van der Waals surface area contributed by atoms with Crippen molar-refractivity contribution in [2.45, 2.75) is 30.9 Å². The van der Waals surface area contributed by atoms with Crippen LogP contribution in [0.5, 0.6) is 0 Å². The monoisotopic (exact) mass is 480 g/mol. The number of para-hydroxylation sites is 1. The average molecular weight is 481 g/mol. The molecular weight excluding hydrogens is 459 g/mol. The fourth-order valence-corrected chi connectivity index (χ4v) is 5.52. The first-order valence-electron chi connectivity index (χ1n) is 10.8. The molecule has 0 saturated heterocycles. The van der Waals surface area contributed by atoms with Crippen LogP contribution in [0.2, 0.25) is 10.0 Å². The first-order valence-corrected chi connectivity index (χ1v) is 11.6. The molecule has 5 rings (SSSR count). The maximum Gasteiger partial charge on any atom is 0.265 e. The van der Waals surface area contributed by atoms with Crippen LogP contribution < -0.4 is 10.2 Å². The summed E-state index contributed by atoms with van der Waals surface area (Å²) in [6.07, 6.45) is 0.181. The van der Waals surface area contributed by atoms with Gasteiger partial charge in [0.25, 0.3) is 5.91 Å². The number of nitrogens with one attached hydrogen (secondary N) is 1. The number of fused-ring (bicyclic) bond motifs is 2. The topological polar surface area (TPSA) is 69.6 Å². The third kappa shape index (κ3) is 3.18. The molecule has 0 aromatic heterocycles. The van der Waals surface area contributed by atoms with Crippen LogP contribution in [0, 0.1) is 0 Å². The van der Waals surface area contributed by atoms with Crippen molar-refractivity contribution in [3.05, 3.63) is 93.5 Å². The Labute approximate surface area is 201 Å². The van der Waals surface area contributed by atoms with Crippen molar-refractivity contribution in [3.63, 3.8) is 0 Å². The number of nitrogens with zero attached hydrogens (tertiary/aromatic N) is 1. The van der Waals surface area contributed by atoms with E-state index in [4.69, 9.17) is 23.2 Å². The molecule has 3 aromatic carbocycles. The zero-order valence-electron chi connectivity index (χ0n) is 17.9.